The molecule has 6 heteroatoms. The van der Waals surface area contributed by atoms with Gasteiger partial charge in [-0.15, -0.1) is 0 Å². The van der Waals surface area contributed by atoms with Crippen molar-refractivity contribution < 1.29 is 5.11 Å². The molecule has 0 bridgehead atoms. The Kier molecular flexibility index (Phi) is 3.53. The van der Waals surface area contributed by atoms with Crippen LogP contribution in [0.3, 0.4) is 0 Å². The topological polar surface area (TPSA) is 58.0 Å². The maximum atomic E-state index is 9.02. The van der Waals surface area contributed by atoms with Gasteiger partial charge in [0.25, 0.3) is 0 Å². The van der Waals surface area contributed by atoms with Crippen LogP contribution in [-0.2, 0) is 0 Å². The average molecular weight is 236 g/mol. The van der Waals surface area contributed by atoms with Gasteiger partial charge in [-0.3, -0.25) is 0 Å². The molecule has 78 valence electrons. The minimum absolute atomic E-state index is 0.0216. The summed E-state index contributed by atoms with van der Waals surface area (Å²) in [5.41, 5.74) is -0.471. The SMILES string of the molecule is CC(C)(CO)Nc1cc(Cl)nc(Cl)n1. The number of hydrogen-bond acceptors (Lipinski definition) is 4. The van der Waals surface area contributed by atoms with Crippen LogP contribution >= 0.6 is 23.2 Å². The lowest BCUT2D eigenvalue weighted by Gasteiger charge is -2.24. The first kappa shape index (κ1) is 11.5. The summed E-state index contributed by atoms with van der Waals surface area (Å²) in [5, 5.41) is 12.3. The Bertz CT molecular complexity index is 310. The zero-order chi connectivity index (χ0) is 10.8. The van der Waals surface area contributed by atoms with Crippen molar-refractivity contribution in [1.29, 1.82) is 0 Å². The van der Waals surface area contributed by atoms with Crippen LogP contribution in [0, 0.1) is 0 Å². The third kappa shape index (κ3) is 3.29. The third-order valence-corrected chi connectivity index (χ3v) is 1.89. The van der Waals surface area contributed by atoms with E-state index in [1.165, 1.54) is 0 Å². The minimum atomic E-state index is -0.471. The average Bonchev–Trinajstić information content (AvgIpc) is 2.01. The highest BCUT2D eigenvalue weighted by molar-refractivity contribution is 6.32. The highest BCUT2D eigenvalue weighted by Crippen LogP contribution is 2.17. The summed E-state index contributed by atoms with van der Waals surface area (Å²) < 4.78 is 0. The normalized spacial score (nSPS) is 11.5. The van der Waals surface area contributed by atoms with Gasteiger partial charge in [-0.1, -0.05) is 11.6 Å². The Balaban J connectivity index is 2.87. The van der Waals surface area contributed by atoms with E-state index in [2.05, 4.69) is 15.3 Å². The van der Waals surface area contributed by atoms with Crippen LogP contribution in [-0.4, -0.2) is 27.2 Å². The van der Waals surface area contributed by atoms with Crippen molar-refractivity contribution in [3.8, 4) is 0 Å². The van der Waals surface area contributed by atoms with Crippen LogP contribution in [0.25, 0.3) is 0 Å². The molecule has 0 aromatic carbocycles. The van der Waals surface area contributed by atoms with Gasteiger partial charge in [0.05, 0.1) is 12.1 Å². The Labute approximate surface area is 92.3 Å². The lowest BCUT2D eigenvalue weighted by molar-refractivity contribution is 0.234. The molecule has 1 rings (SSSR count). The Morgan fingerprint density at radius 3 is 2.57 bits per heavy atom. The van der Waals surface area contributed by atoms with E-state index < -0.39 is 5.54 Å². The number of aliphatic hydroxyl groups excluding tert-OH is 1. The minimum Gasteiger partial charge on any atom is -0.394 e. The fraction of sp³-hybridized carbons (Fsp3) is 0.500. The van der Waals surface area contributed by atoms with Crippen molar-refractivity contribution in [2.75, 3.05) is 11.9 Å². The molecule has 1 aromatic heterocycles. The molecule has 14 heavy (non-hydrogen) atoms. The molecule has 0 unspecified atom stereocenters. The largest absolute Gasteiger partial charge is 0.394 e. The highest BCUT2D eigenvalue weighted by Gasteiger charge is 2.16. The molecule has 0 saturated carbocycles. The van der Waals surface area contributed by atoms with E-state index in [4.69, 9.17) is 28.3 Å². The van der Waals surface area contributed by atoms with Gasteiger partial charge in [0, 0.05) is 6.07 Å². The fourth-order valence-corrected chi connectivity index (χ4v) is 1.25. The Morgan fingerprint density at radius 1 is 1.43 bits per heavy atom. The van der Waals surface area contributed by atoms with Crippen LogP contribution in [0.15, 0.2) is 6.07 Å². The van der Waals surface area contributed by atoms with E-state index in [0.29, 0.717) is 5.82 Å². The summed E-state index contributed by atoms with van der Waals surface area (Å²) >= 11 is 11.3. The molecule has 4 nitrogen and oxygen atoms in total. The highest BCUT2D eigenvalue weighted by atomic mass is 35.5. The fourth-order valence-electron chi connectivity index (χ4n) is 0.840. The summed E-state index contributed by atoms with van der Waals surface area (Å²) in [4.78, 5) is 7.62. The summed E-state index contributed by atoms with van der Waals surface area (Å²) in [6.45, 7) is 3.64. The monoisotopic (exact) mass is 235 g/mol. The molecule has 2 N–H and O–H groups in total. The van der Waals surface area contributed by atoms with E-state index in [9.17, 15) is 0 Å². The molecule has 0 atom stereocenters. The second-order valence-corrected chi connectivity index (χ2v) is 4.24. The number of hydrogen-bond donors (Lipinski definition) is 2. The number of nitrogens with one attached hydrogen (secondary N) is 1. The molecule has 0 aliphatic rings. The number of rotatable bonds is 3. The van der Waals surface area contributed by atoms with Gasteiger partial charge in [-0.2, -0.15) is 0 Å². The predicted molar refractivity (Wildman–Crippen MR) is 56.8 cm³/mol. The van der Waals surface area contributed by atoms with Crippen molar-refractivity contribution in [1.82, 2.24) is 9.97 Å². The van der Waals surface area contributed by atoms with Crippen molar-refractivity contribution >= 4 is 29.0 Å². The molecular weight excluding hydrogens is 225 g/mol. The van der Waals surface area contributed by atoms with Gasteiger partial charge >= 0.3 is 0 Å². The van der Waals surface area contributed by atoms with Crippen molar-refractivity contribution in [2.45, 2.75) is 19.4 Å². The van der Waals surface area contributed by atoms with Crippen LogP contribution in [0.4, 0.5) is 5.82 Å². The molecule has 0 amide bonds. The maximum Gasteiger partial charge on any atom is 0.225 e. The van der Waals surface area contributed by atoms with E-state index in [-0.39, 0.29) is 17.0 Å². The lowest BCUT2D eigenvalue weighted by atomic mass is 10.1. The number of nitrogens with zero attached hydrogens (tertiary/aromatic N) is 2. The number of halogens is 2. The van der Waals surface area contributed by atoms with Gasteiger partial charge in [0.2, 0.25) is 5.28 Å². The van der Waals surface area contributed by atoms with Crippen molar-refractivity contribution in [3.05, 3.63) is 16.5 Å². The summed E-state index contributed by atoms with van der Waals surface area (Å²) in [7, 11) is 0. The zero-order valence-electron chi connectivity index (χ0n) is 7.88. The Morgan fingerprint density at radius 2 is 2.07 bits per heavy atom. The molecule has 0 radical (unpaired) electrons. The zero-order valence-corrected chi connectivity index (χ0v) is 9.39. The molecule has 1 aromatic rings. The summed E-state index contributed by atoms with van der Waals surface area (Å²) in [5.74, 6) is 0.494. The van der Waals surface area contributed by atoms with Gasteiger partial charge in [0.15, 0.2) is 0 Å². The first-order valence-corrected chi connectivity index (χ1v) is 4.78. The molecule has 0 aliphatic carbocycles. The van der Waals surface area contributed by atoms with E-state index in [1.807, 2.05) is 13.8 Å². The Hall–Kier alpha value is -0.580. The van der Waals surface area contributed by atoms with E-state index >= 15 is 0 Å². The standard InChI is InChI=1S/C8H11Cl2N3O/c1-8(2,4-14)13-6-3-5(9)11-7(10)12-6/h3,14H,4H2,1-2H3,(H,11,12,13). The number of anilines is 1. The molecular formula is C8H11Cl2N3O. The molecule has 0 spiro atoms. The quantitative estimate of drug-likeness (QED) is 0.622. The molecule has 0 fully saturated rings. The van der Waals surface area contributed by atoms with Crippen molar-refractivity contribution in [3.63, 3.8) is 0 Å². The predicted octanol–water partition coefficient (Wildman–Crippen LogP) is 1.97. The maximum absolute atomic E-state index is 9.02. The van der Waals surface area contributed by atoms with Gasteiger partial charge in [-0.05, 0) is 25.4 Å². The second kappa shape index (κ2) is 4.29. The lowest BCUT2D eigenvalue weighted by Crippen LogP contribution is -2.35. The molecule has 0 saturated heterocycles. The molecule has 1 heterocycles. The van der Waals surface area contributed by atoms with Crippen LogP contribution in [0.1, 0.15) is 13.8 Å². The van der Waals surface area contributed by atoms with Crippen molar-refractivity contribution in [2.24, 2.45) is 0 Å². The smallest absolute Gasteiger partial charge is 0.225 e. The first-order chi connectivity index (χ1) is 6.43. The molecule has 0 aliphatic heterocycles. The number of aromatic nitrogens is 2. The van der Waals surface area contributed by atoms with Crippen LogP contribution in [0.2, 0.25) is 10.4 Å². The van der Waals surface area contributed by atoms with Gasteiger partial charge in [-0.25, -0.2) is 9.97 Å². The van der Waals surface area contributed by atoms with E-state index in [0.717, 1.165) is 0 Å². The number of aliphatic hydroxyl groups is 1. The first-order valence-electron chi connectivity index (χ1n) is 4.02. The van der Waals surface area contributed by atoms with Crippen LogP contribution in [0.5, 0.6) is 0 Å². The summed E-state index contributed by atoms with van der Waals surface area (Å²) in [6, 6.07) is 1.55. The summed E-state index contributed by atoms with van der Waals surface area (Å²) in [6.07, 6.45) is 0. The van der Waals surface area contributed by atoms with Gasteiger partial charge in [0.1, 0.15) is 11.0 Å². The van der Waals surface area contributed by atoms with Gasteiger partial charge < -0.3 is 10.4 Å². The third-order valence-electron chi connectivity index (χ3n) is 1.53. The second-order valence-electron chi connectivity index (χ2n) is 3.51. The van der Waals surface area contributed by atoms with Crippen LogP contribution < -0.4 is 5.32 Å². The van der Waals surface area contributed by atoms with E-state index in [1.54, 1.807) is 6.07 Å².